The minimum absolute atomic E-state index is 0.0714. The monoisotopic (exact) mass is 332 g/mol. The van der Waals surface area contributed by atoms with Crippen molar-refractivity contribution in [2.75, 3.05) is 37.0 Å². The molecule has 2 rings (SSSR count). The Labute approximate surface area is 134 Å². The molecule has 23 heavy (non-hydrogen) atoms. The molecule has 1 fully saturated rings. The molecule has 1 aromatic heterocycles. The van der Waals surface area contributed by atoms with Crippen molar-refractivity contribution in [2.24, 2.45) is 0 Å². The Kier molecular flexibility index (Phi) is 5.03. The molecule has 1 saturated heterocycles. The van der Waals surface area contributed by atoms with E-state index in [0.717, 1.165) is 12.5 Å². The van der Waals surface area contributed by atoms with Gasteiger partial charge in [0.15, 0.2) is 5.69 Å². The van der Waals surface area contributed by atoms with E-state index in [9.17, 15) is 18.3 Å². The van der Waals surface area contributed by atoms with Gasteiger partial charge in [0.1, 0.15) is 5.82 Å². The number of halogens is 3. The number of rotatable bonds is 4. The van der Waals surface area contributed by atoms with Gasteiger partial charge in [0, 0.05) is 33.3 Å². The fourth-order valence-corrected chi connectivity index (χ4v) is 2.78. The topological polar surface area (TPSA) is 52.5 Å². The molecule has 0 spiro atoms. The van der Waals surface area contributed by atoms with Crippen LogP contribution in [-0.4, -0.2) is 47.9 Å². The number of aromatic nitrogens is 2. The summed E-state index contributed by atoms with van der Waals surface area (Å²) in [6.45, 7) is 2.90. The molecule has 1 aliphatic rings. The average Bonchev–Trinajstić information content (AvgIpc) is 2.46. The number of anilines is 2. The van der Waals surface area contributed by atoms with Gasteiger partial charge in [-0.25, -0.2) is 4.98 Å². The molecule has 0 atom stereocenters. The molecule has 0 radical (unpaired) electrons. The van der Waals surface area contributed by atoms with Gasteiger partial charge >= 0.3 is 6.18 Å². The summed E-state index contributed by atoms with van der Waals surface area (Å²) in [4.78, 5) is 11.1. The van der Waals surface area contributed by atoms with Gasteiger partial charge in [-0.2, -0.15) is 18.2 Å². The van der Waals surface area contributed by atoms with Gasteiger partial charge in [-0.05, 0) is 19.3 Å². The Hall–Kier alpha value is -1.57. The molecule has 0 amide bonds. The molecule has 0 bridgehead atoms. The highest BCUT2D eigenvalue weighted by Gasteiger charge is 2.36. The Morgan fingerprint density at radius 3 is 2.35 bits per heavy atom. The number of hydrogen-bond donors (Lipinski definition) is 1. The van der Waals surface area contributed by atoms with E-state index in [4.69, 9.17) is 0 Å². The summed E-state index contributed by atoms with van der Waals surface area (Å²) in [5, 5.41) is 10.4. The molecule has 5 nitrogen and oxygen atoms in total. The predicted molar refractivity (Wildman–Crippen MR) is 82.7 cm³/mol. The second kappa shape index (κ2) is 6.51. The molecule has 130 valence electrons. The van der Waals surface area contributed by atoms with Crippen LogP contribution in [-0.2, 0) is 6.18 Å². The maximum Gasteiger partial charge on any atom is 0.433 e. The van der Waals surface area contributed by atoms with Gasteiger partial charge < -0.3 is 14.9 Å². The summed E-state index contributed by atoms with van der Waals surface area (Å²) in [5.74, 6) is 0.291. The average molecular weight is 332 g/mol. The second-order valence-corrected chi connectivity index (χ2v) is 6.26. The lowest BCUT2D eigenvalue weighted by atomic mass is 9.87. The summed E-state index contributed by atoms with van der Waals surface area (Å²) < 4.78 is 39.1. The Morgan fingerprint density at radius 1 is 1.26 bits per heavy atom. The van der Waals surface area contributed by atoms with Crippen LogP contribution in [0.5, 0.6) is 0 Å². The quantitative estimate of drug-likeness (QED) is 0.919. The fourth-order valence-electron chi connectivity index (χ4n) is 2.78. The van der Waals surface area contributed by atoms with E-state index in [1.807, 2.05) is 6.92 Å². The van der Waals surface area contributed by atoms with Crippen molar-refractivity contribution < 1.29 is 18.3 Å². The lowest BCUT2D eigenvalue weighted by Crippen LogP contribution is -2.45. The number of hydrogen-bond acceptors (Lipinski definition) is 5. The van der Waals surface area contributed by atoms with Crippen LogP contribution in [0, 0.1) is 0 Å². The van der Waals surface area contributed by atoms with Crippen molar-refractivity contribution in [1.82, 2.24) is 9.97 Å². The standard InChI is InChI=1S/C15H23F3N4O/c1-4-5-14(23)6-8-22(9-7-14)13-19-11(15(16,17)18)10-12(20-13)21(2)3/h10,23H,4-9H2,1-3H3. The van der Waals surface area contributed by atoms with E-state index < -0.39 is 17.5 Å². The summed E-state index contributed by atoms with van der Waals surface area (Å²) in [7, 11) is 3.28. The van der Waals surface area contributed by atoms with Gasteiger partial charge in [-0.1, -0.05) is 13.3 Å². The van der Waals surface area contributed by atoms with E-state index in [-0.39, 0.29) is 11.8 Å². The predicted octanol–water partition coefficient (Wildman–Crippen LogP) is 2.69. The van der Waals surface area contributed by atoms with Crippen LogP contribution in [0.25, 0.3) is 0 Å². The first-order chi connectivity index (χ1) is 10.6. The van der Waals surface area contributed by atoms with Crippen LogP contribution in [0.15, 0.2) is 6.07 Å². The van der Waals surface area contributed by atoms with Crippen molar-refractivity contribution in [3.8, 4) is 0 Å². The summed E-state index contributed by atoms with van der Waals surface area (Å²) >= 11 is 0. The molecule has 1 aromatic rings. The van der Waals surface area contributed by atoms with E-state index in [1.165, 1.54) is 4.90 Å². The lowest BCUT2D eigenvalue weighted by Gasteiger charge is -2.38. The zero-order chi connectivity index (χ0) is 17.3. The Balaban J connectivity index is 2.25. The molecular formula is C15H23F3N4O. The van der Waals surface area contributed by atoms with E-state index >= 15 is 0 Å². The zero-order valence-electron chi connectivity index (χ0n) is 13.7. The van der Waals surface area contributed by atoms with Crippen LogP contribution >= 0.6 is 0 Å². The summed E-state index contributed by atoms with van der Waals surface area (Å²) in [6.07, 6.45) is -1.91. The van der Waals surface area contributed by atoms with E-state index in [2.05, 4.69) is 9.97 Å². The fraction of sp³-hybridized carbons (Fsp3) is 0.733. The zero-order valence-corrected chi connectivity index (χ0v) is 13.7. The highest BCUT2D eigenvalue weighted by Crippen LogP contribution is 2.33. The first-order valence-corrected chi connectivity index (χ1v) is 7.75. The van der Waals surface area contributed by atoms with Gasteiger partial charge in [-0.3, -0.25) is 0 Å². The molecule has 2 heterocycles. The third-order valence-electron chi connectivity index (χ3n) is 4.14. The first kappa shape index (κ1) is 17.8. The molecule has 0 saturated carbocycles. The van der Waals surface area contributed by atoms with Gasteiger partial charge in [-0.15, -0.1) is 0 Å². The Bertz CT molecular complexity index is 540. The highest BCUT2D eigenvalue weighted by atomic mass is 19.4. The molecule has 0 aromatic carbocycles. The van der Waals surface area contributed by atoms with Crippen molar-refractivity contribution >= 4 is 11.8 Å². The molecular weight excluding hydrogens is 309 g/mol. The molecule has 0 unspecified atom stereocenters. The van der Waals surface area contributed by atoms with Crippen molar-refractivity contribution in [3.63, 3.8) is 0 Å². The van der Waals surface area contributed by atoms with Crippen molar-refractivity contribution in [1.29, 1.82) is 0 Å². The number of nitrogens with zero attached hydrogens (tertiary/aromatic N) is 4. The minimum Gasteiger partial charge on any atom is -0.390 e. The number of alkyl halides is 3. The van der Waals surface area contributed by atoms with Crippen LogP contribution < -0.4 is 9.80 Å². The minimum atomic E-state index is -4.51. The third-order valence-corrected chi connectivity index (χ3v) is 4.14. The molecule has 1 aliphatic heterocycles. The largest absolute Gasteiger partial charge is 0.433 e. The summed E-state index contributed by atoms with van der Waals surface area (Å²) in [5.41, 5.74) is -1.67. The van der Waals surface area contributed by atoms with Gasteiger partial charge in [0.05, 0.1) is 5.60 Å². The van der Waals surface area contributed by atoms with E-state index in [0.29, 0.717) is 32.4 Å². The number of aliphatic hydroxyl groups is 1. The van der Waals surface area contributed by atoms with Crippen molar-refractivity contribution in [3.05, 3.63) is 11.8 Å². The molecule has 1 N–H and O–H groups in total. The molecule has 8 heteroatoms. The molecule has 0 aliphatic carbocycles. The summed E-state index contributed by atoms with van der Waals surface area (Å²) in [6, 6.07) is 0.945. The second-order valence-electron chi connectivity index (χ2n) is 6.26. The van der Waals surface area contributed by atoms with E-state index in [1.54, 1.807) is 19.0 Å². The normalized spacial score (nSPS) is 18.1. The van der Waals surface area contributed by atoms with Crippen LogP contribution in [0.4, 0.5) is 24.9 Å². The maximum atomic E-state index is 13.0. The SMILES string of the molecule is CCCC1(O)CCN(c2nc(N(C)C)cc(C(F)(F)F)n2)CC1. The smallest absolute Gasteiger partial charge is 0.390 e. The highest BCUT2D eigenvalue weighted by molar-refractivity contribution is 5.46. The van der Waals surface area contributed by atoms with Crippen LogP contribution in [0.3, 0.4) is 0 Å². The van der Waals surface area contributed by atoms with Crippen LogP contribution in [0.2, 0.25) is 0 Å². The lowest BCUT2D eigenvalue weighted by molar-refractivity contribution is -0.141. The Morgan fingerprint density at radius 2 is 1.87 bits per heavy atom. The van der Waals surface area contributed by atoms with Gasteiger partial charge in [0.25, 0.3) is 0 Å². The first-order valence-electron chi connectivity index (χ1n) is 7.75. The third kappa shape index (κ3) is 4.25. The maximum absolute atomic E-state index is 13.0. The van der Waals surface area contributed by atoms with Crippen LogP contribution in [0.1, 0.15) is 38.3 Å². The number of piperidine rings is 1. The van der Waals surface area contributed by atoms with Crippen molar-refractivity contribution in [2.45, 2.75) is 44.4 Å². The van der Waals surface area contributed by atoms with Gasteiger partial charge in [0.2, 0.25) is 5.95 Å².